The number of nitrogens with two attached hydrogens (primary N) is 1. The third-order valence-electron chi connectivity index (χ3n) is 1.77. The molecule has 0 aliphatic rings. The third-order valence-corrected chi connectivity index (χ3v) is 1.77. The first-order valence-corrected chi connectivity index (χ1v) is 4.53. The zero-order valence-corrected chi connectivity index (χ0v) is 8.81. The Balaban J connectivity index is 2.94. The van der Waals surface area contributed by atoms with Crippen LogP contribution in [0.2, 0.25) is 0 Å². The predicted octanol–water partition coefficient (Wildman–Crippen LogP) is 2.79. The van der Waals surface area contributed by atoms with Crippen molar-refractivity contribution in [1.29, 1.82) is 0 Å². The number of anilines is 2. The molecule has 0 fully saturated rings. The van der Waals surface area contributed by atoms with Gasteiger partial charge in [-0.3, -0.25) is 0 Å². The second-order valence-corrected chi connectivity index (χ2v) is 4.45. The average molecular weight is 178 g/mol. The first-order valence-electron chi connectivity index (χ1n) is 4.53. The van der Waals surface area contributed by atoms with Crippen LogP contribution in [0.4, 0.5) is 11.4 Å². The van der Waals surface area contributed by atoms with E-state index in [9.17, 15) is 0 Å². The molecular formula is C11H18N2. The van der Waals surface area contributed by atoms with Gasteiger partial charge in [0.05, 0.1) is 0 Å². The summed E-state index contributed by atoms with van der Waals surface area (Å²) in [6.45, 7) is 8.48. The highest BCUT2D eigenvalue weighted by molar-refractivity contribution is 5.60. The van der Waals surface area contributed by atoms with E-state index in [1.807, 2.05) is 18.2 Å². The summed E-state index contributed by atoms with van der Waals surface area (Å²) in [5.74, 6) is 0. The van der Waals surface area contributed by atoms with Crippen molar-refractivity contribution < 1.29 is 0 Å². The van der Waals surface area contributed by atoms with Crippen LogP contribution < -0.4 is 11.1 Å². The molecule has 0 aliphatic heterocycles. The molecule has 1 rings (SSSR count). The molecule has 1 aromatic rings. The first kappa shape index (κ1) is 9.90. The van der Waals surface area contributed by atoms with Crippen LogP contribution in [0.3, 0.4) is 0 Å². The zero-order chi connectivity index (χ0) is 10.1. The van der Waals surface area contributed by atoms with Crippen LogP contribution in [-0.4, -0.2) is 5.54 Å². The largest absolute Gasteiger partial charge is 0.399 e. The van der Waals surface area contributed by atoms with Crippen molar-refractivity contribution in [2.75, 3.05) is 11.1 Å². The lowest BCUT2D eigenvalue weighted by Crippen LogP contribution is -2.26. The van der Waals surface area contributed by atoms with Crippen LogP contribution in [0, 0.1) is 6.92 Å². The van der Waals surface area contributed by atoms with E-state index >= 15 is 0 Å². The van der Waals surface area contributed by atoms with Crippen molar-refractivity contribution in [2.24, 2.45) is 0 Å². The summed E-state index contributed by atoms with van der Waals surface area (Å²) in [6, 6.07) is 5.92. The second kappa shape index (κ2) is 3.29. The van der Waals surface area contributed by atoms with Crippen molar-refractivity contribution in [3.63, 3.8) is 0 Å². The molecule has 0 atom stereocenters. The highest BCUT2D eigenvalue weighted by Crippen LogP contribution is 2.21. The fourth-order valence-corrected chi connectivity index (χ4v) is 1.18. The Morgan fingerprint density at radius 2 is 1.85 bits per heavy atom. The summed E-state index contributed by atoms with van der Waals surface area (Å²) in [7, 11) is 0. The van der Waals surface area contributed by atoms with Crippen molar-refractivity contribution in [3.8, 4) is 0 Å². The minimum absolute atomic E-state index is 0.0819. The van der Waals surface area contributed by atoms with Gasteiger partial charge in [-0.05, 0) is 45.4 Å². The van der Waals surface area contributed by atoms with Gasteiger partial charge < -0.3 is 11.1 Å². The highest BCUT2D eigenvalue weighted by Gasteiger charge is 2.10. The van der Waals surface area contributed by atoms with E-state index in [-0.39, 0.29) is 5.54 Å². The van der Waals surface area contributed by atoms with E-state index in [1.165, 1.54) is 5.56 Å². The Hall–Kier alpha value is -1.18. The molecule has 0 saturated carbocycles. The van der Waals surface area contributed by atoms with Crippen LogP contribution >= 0.6 is 0 Å². The Morgan fingerprint density at radius 1 is 1.23 bits per heavy atom. The van der Waals surface area contributed by atoms with E-state index < -0.39 is 0 Å². The Labute approximate surface area is 80.1 Å². The molecule has 2 nitrogen and oxygen atoms in total. The number of nitrogens with one attached hydrogen (secondary N) is 1. The van der Waals surface area contributed by atoms with Crippen molar-refractivity contribution in [1.82, 2.24) is 0 Å². The molecule has 1 aromatic carbocycles. The molecule has 0 bridgehead atoms. The standard InChI is InChI=1S/C11H18N2/c1-8-5-6-9(12)7-10(8)13-11(2,3)4/h5-7,13H,12H2,1-4H3. The van der Waals surface area contributed by atoms with Crippen molar-refractivity contribution in [2.45, 2.75) is 33.2 Å². The SMILES string of the molecule is Cc1ccc(N)cc1NC(C)(C)C. The number of hydrogen-bond donors (Lipinski definition) is 2. The molecule has 0 saturated heterocycles. The van der Waals surface area contributed by atoms with Gasteiger partial charge in [0, 0.05) is 16.9 Å². The number of benzene rings is 1. The van der Waals surface area contributed by atoms with E-state index in [0.717, 1.165) is 11.4 Å². The third kappa shape index (κ3) is 2.98. The molecule has 72 valence electrons. The lowest BCUT2D eigenvalue weighted by atomic mass is 10.1. The summed E-state index contributed by atoms with van der Waals surface area (Å²) < 4.78 is 0. The maximum absolute atomic E-state index is 5.71. The fraction of sp³-hybridized carbons (Fsp3) is 0.455. The van der Waals surface area contributed by atoms with Crippen LogP contribution in [0.25, 0.3) is 0 Å². The van der Waals surface area contributed by atoms with Gasteiger partial charge in [0.15, 0.2) is 0 Å². The number of nitrogen functional groups attached to an aromatic ring is 1. The molecule has 13 heavy (non-hydrogen) atoms. The molecule has 0 amide bonds. The van der Waals surface area contributed by atoms with E-state index in [2.05, 4.69) is 33.0 Å². The zero-order valence-electron chi connectivity index (χ0n) is 8.81. The molecule has 3 N–H and O–H groups in total. The Bertz CT molecular complexity index is 297. The Morgan fingerprint density at radius 3 is 2.38 bits per heavy atom. The van der Waals surface area contributed by atoms with Gasteiger partial charge in [0.1, 0.15) is 0 Å². The average Bonchev–Trinajstić information content (AvgIpc) is 1.94. The molecule has 0 spiro atoms. The molecule has 0 aliphatic carbocycles. The second-order valence-electron chi connectivity index (χ2n) is 4.45. The van der Waals surface area contributed by atoms with Gasteiger partial charge >= 0.3 is 0 Å². The lowest BCUT2D eigenvalue weighted by molar-refractivity contribution is 0.633. The van der Waals surface area contributed by atoms with Gasteiger partial charge in [-0.25, -0.2) is 0 Å². The van der Waals surface area contributed by atoms with Gasteiger partial charge in [0.25, 0.3) is 0 Å². The topological polar surface area (TPSA) is 38.0 Å². The highest BCUT2D eigenvalue weighted by atomic mass is 15.0. The van der Waals surface area contributed by atoms with Crippen LogP contribution in [0.5, 0.6) is 0 Å². The van der Waals surface area contributed by atoms with E-state index in [4.69, 9.17) is 5.73 Å². The van der Waals surface area contributed by atoms with Crippen LogP contribution in [-0.2, 0) is 0 Å². The van der Waals surface area contributed by atoms with Crippen molar-refractivity contribution in [3.05, 3.63) is 23.8 Å². The summed E-state index contributed by atoms with van der Waals surface area (Å²) in [5.41, 5.74) is 8.94. The van der Waals surface area contributed by atoms with E-state index in [0.29, 0.717) is 0 Å². The first-order chi connectivity index (χ1) is 5.88. The molecule has 0 radical (unpaired) electrons. The number of hydrogen-bond acceptors (Lipinski definition) is 2. The van der Waals surface area contributed by atoms with Crippen LogP contribution in [0.15, 0.2) is 18.2 Å². The molecule has 0 unspecified atom stereocenters. The molecule has 0 aromatic heterocycles. The minimum atomic E-state index is 0.0819. The monoisotopic (exact) mass is 178 g/mol. The molecular weight excluding hydrogens is 160 g/mol. The smallest absolute Gasteiger partial charge is 0.0394 e. The molecule has 2 heteroatoms. The van der Waals surface area contributed by atoms with Gasteiger partial charge in [0.2, 0.25) is 0 Å². The quantitative estimate of drug-likeness (QED) is 0.649. The normalized spacial score (nSPS) is 11.4. The van der Waals surface area contributed by atoms with Gasteiger partial charge in [-0.2, -0.15) is 0 Å². The minimum Gasteiger partial charge on any atom is -0.399 e. The summed E-state index contributed by atoms with van der Waals surface area (Å²) in [4.78, 5) is 0. The van der Waals surface area contributed by atoms with E-state index in [1.54, 1.807) is 0 Å². The van der Waals surface area contributed by atoms with Gasteiger partial charge in [-0.1, -0.05) is 6.07 Å². The van der Waals surface area contributed by atoms with Gasteiger partial charge in [-0.15, -0.1) is 0 Å². The number of rotatable bonds is 1. The van der Waals surface area contributed by atoms with Crippen molar-refractivity contribution >= 4 is 11.4 Å². The van der Waals surface area contributed by atoms with Crippen LogP contribution in [0.1, 0.15) is 26.3 Å². The summed E-state index contributed by atoms with van der Waals surface area (Å²) in [6.07, 6.45) is 0. The summed E-state index contributed by atoms with van der Waals surface area (Å²) in [5, 5.41) is 3.41. The number of aryl methyl sites for hydroxylation is 1. The maximum Gasteiger partial charge on any atom is 0.0394 e. The lowest BCUT2D eigenvalue weighted by Gasteiger charge is -2.23. The summed E-state index contributed by atoms with van der Waals surface area (Å²) >= 11 is 0. The predicted molar refractivity (Wildman–Crippen MR) is 59.0 cm³/mol. The Kier molecular flexibility index (Phi) is 2.50. The molecule has 0 heterocycles. The maximum atomic E-state index is 5.71. The fourth-order valence-electron chi connectivity index (χ4n) is 1.18.